The Morgan fingerprint density at radius 2 is 1.82 bits per heavy atom. The maximum atomic E-state index is 11.8. The Morgan fingerprint density at radius 3 is 2.45 bits per heavy atom. The summed E-state index contributed by atoms with van der Waals surface area (Å²) < 4.78 is 5.66. The van der Waals surface area contributed by atoms with Crippen LogP contribution in [0.15, 0.2) is 54.6 Å². The van der Waals surface area contributed by atoms with Gasteiger partial charge in [-0.2, -0.15) is 0 Å². The number of ether oxygens (including phenoxy) is 1. The Bertz CT molecular complexity index is 673. The van der Waals surface area contributed by atoms with Gasteiger partial charge in [-0.15, -0.1) is 0 Å². The van der Waals surface area contributed by atoms with Gasteiger partial charge in [-0.05, 0) is 36.6 Å². The average Bonchev–Trinajstić information content (AvgIpc) is 2.47. The quantitative estimate of drug-likeness (QED) is 0.635. The molecular formula is C19H25NO2. The Kier molecular flexibility index (Phi) is 5.89. The number of hydrogen-bond donors (Lipinski definition) is 1. The van der Waals surface area contributed by atoms with E-state index < -0.39 is 5.60 Å². The molecule has 2 aromatic carbocycles. The number of rotatable bonds is 5. The van der Waals surface area contributed by atoms with Crippen LogP contribution < -0.4 is 6.15 Å². The van der Waals surface area contributed by atoms with Crippen LogP contribution in [0.4, 0.5) is 0 Å². The highest BCUT2D eigenvalue weighted by molar-refractivity contribution is 5.88. The molecule has 0 saturated heterocycles. The van der Waals surface area contributed by atoms with Crippen LogP contribution in [0.3, 0.4) is 0 Å². The Hall–Kier alpha value is -2.13. The summed E-state index contributed by atoms with van der Waals surface area (Å²) in [6, 6.07) is 14.5. The molecule has 0 radical (unpaired) electrons. The minimum absolute atomic E-state index is 0. The van der Waals surface area contributed by atoms with Gasteiger partial charge in [-0.25, -0.2) is 4.79 Å². The smallest absolute Gasteiger partial charge is 0.333 e. The summed E-state index contributed by atoms with van der Waals surface area (Å²) in [5, 5.41) is 2.42. The highest BCUT2D eigenvalue weighted by Crippen LogP contribution is 2.27. The molecule has 118 valence electrons. The lowest BCUT2D eigenvalue weighted by Crippen LogP contribution is -2.33. The number of benzene rings is 2. The molecule has 0 bridgehead atoms. The molecule has 0 amide bonds. The summed E-state index contributed by atoms with van der Waals surface area (Å²) in [4.78, 5) is 11.8. The van der Waals surface area contributed by atoms with Crippen molar-refractivity contribution < 1.29 is 9.53 Å². The first-order valence-corrected chi connectivity index (χ1v) is 7.31. The molecule has 0 aliphatic carbocycles. The van der Waals surface area contributed by atoms with E-state index in [-0.39, 0.29) is 12.1 Å². The van der Waals surface area contributed by atoms with Gasteiger partial charge in [0.2, 0.25) is 0 Å². The number of fused-ring (bicyclic) bond motifs is 1. The van der Waals surface area contributed by atoms with E-state index >= 15 is 0 Å². The standard InChI is InChI=1S/C19H22O2.H3N/c1-5-19(4,21-18(20)14(2)3)13-16-11-8-10-15-9-6-7-12-17(15)16;/h6-12H,2,5,13H2,1,3-4H3;1H3. The van der Waals surface area contributed by atoms with Gasteiger partial charge in [0.1, 0.15) is 5.60 Å². The van der Waals surface area contributed by atoms with Crippen molar-refractivity contribution in [2.24, 2.45) is 0 Å². The molecule has 1 atom stereocenters. The summed E-state index contributed by atoms with van der Waals surface area (Å²) in [5.41, 5.74) is 1.12. The highest BCUT2D eigenvalue weighted by atomic mass is 16.6. The average molecular weight is 299 g/mol. The molecule has 3 heteroatoms. The van der Waals surface area contributed by atoms with Gasteiger partial charge in [0.25, 0.3) is 0 Å². The third-order valence-electron chi connectivity index (χ3n) is 3.88. The zero-order valence-electron chi connectivity index (χ0n) is 13.7. The Morgan fingerprint density at radius 1 is 1.18 bits per heavy atom. The maximum Gasteiger partial charge on any atom is 0.333 e. The van der Waals surface area contributed by atoms with Crippen molar-refractivity contribution in [3.05, 3.63) is 60.2 Å². The molecular weight excluding hydrogens is 274 g/mol. The van der Waals surface area contributed by atoms with E-state index in [9.17, 15) is 4.79 Å². The zero-order valence-corrected chi connectivity index (χ0v) is 13.7. The molecule has 3 nitrogen and oxygen atoms in total. The fourth-order valence-corrected chi connectivity index (χ4v) is 2.39. The first-order chi connectivity index (χ1) is 9.95. The second-order valence-electron chi connectivity index (χ2n) is 5.79. The molecule has 0 saturated carbocycles. The van der Waals surface area contributed by atoms with Crippen molar-refractivity contribution in [2.45, 2.75) is 39.2 Å². The fourth-order valence-electron chi connectivity index (χ4n) is 2.39. The van der Waals surface area contributed by atoms with Crippen molar-refractivity contribution in [2.75, 3.05) is 0 Å². The third-order valence-corrected chi connectivity index (χ3v) is 3.88. The van der Waals surface area contributed by atoms with Gasteiger partial charge in [0.05, 0.1) is 0 Å². The SMILES string of the molecule is C=C(C)C(=O)OC(C)(CC)Cc1cccc2ccccc12.N. The van der Waals surface area contributed by atoms with E-state index in [1.807, 2.05) is 32.0 Å². The molecule has 0 aromatic heterocycles. The van der Waals surface area contributed by atoms with Crippen molar-refractivity contribution in [1.82, 2.24) is 6.15 Å². The van der Waals surface area contributed by atoms with Gasteiger partial charge in [-0.1, -0.05) is 56.0 Å². The van der Waals surface area contributed by atoms with Gasteiger partial charge in [0, 0.05) is 12.0 Å². The topological polar surface area (TPSA) is 61.3 Å². The summed E-state index contributed by atoms with van der Waals surface area (Å²) in [5.74, 6) is -0.320. The molecule has 22 heavy (non-hydrogen) atoms. The van der Waals surface area contributed by atoms with Crippen LogP contribution >= 0.6 is 0 Å². The maximum absolute atomic E-state index is 11.8. The lowest BCUT2D eigenvalue weighted by molar-refractivity contribution is -0.153. The monoisotopic (exact) mass is 299 g/mol. The summed E-state index contributed by atoms with van der Waals surface area (Å²) >= 11 is 0. The van der Waals surface area contributed by atoms with Gasteiger partial charge in [-0.3, -0.25) is 0 Å². The molecule has 0 fully saturated rings. The molecule has 0 spiro atoms. The van der Waals surface area contributed by atoms with Crippen molar-refractivity contribution in [3.63, 3.8) is 0 Å². The van der Waals surface area contributed by atoms with Crippen LogP contribution in [0, 0.1) is 0 Å². The fraction of sp³-hybridized carbons (Fsp3) is 0.316. The van der Waals surface area contributed by atoms with Crippen molar-refractivity contribution >= 4 is 16.7 Å². The van der Waals surface area contributed by atoms with Crippen LogP contribution in [0.1, 0.15) is 32.8 Å². The first kappa shape index (κ1) is 17.9. The second-order valence-corrected chi connectivity index (χ2v) is 5.79. The molecule has 3 N–H and O–H groups in total. The van der Waals surface area contributed by atoms with Gasteiger partial charge in [0.15, 0.2) is 0 Å². The van der Waals surface area contributed by atoms with Crippen LogP contribution in [-0.2, 0) is 16.0 Å². The van der Waals surface area contributed by atoms with E-state index in [1.54, 1.807) is 6.92 Å². The molecule has 0 aliphatic heterocycles. The number of carbonyl (C=O) groups excluding carboxylic acids is 1. The van der Waals surface area contributed by atoms with Crippen molar-refractivity contribution in [3.8, 4) is 0 Å². The second kappa shape index (κ2) is 7.23. The number of esters is 1. The molecule has 0 heterocycles. The first-order valence-electron chi connectivity index (χ1n) is 7.31. The van der Waals surface area contributed by atoms with Crippen molar-refractivity contribution in [1.29, 1.82) is 0 Å². The minimum Gasteiger partial charge on any atom is -0.456 e. The highest BCUT2D eigenvalue weighted by Gasteiger charge is 2.28. The largest absolute Gasteiger partial charge is 0.456 e. The molecule has 2 rings (SSSR count). The Labute approximate surface area is 132 Å². The molecule has 0 aliphatic rings. The summed E-state index contributed by atoms with van der Waals surface area (Å²) in [6.45, 7) is 9.35. The minimum atomic E-state index is -0.514. The van der Waals surface area contributed by atoms with E-state index in [2.05, 4.69) is 30.8 Å². The molecule has 1 unspecified atom stereocenters. The van der Waals surface area contributed by atoms with E-state index in [0.29, 0.717) is 12.0 Å². The summed E-state index contributed by atoms with van der Waals surface area (Å²) in [7, 11) is 0. The van der Waals surface area contributed by atoms with Crippen LogP contribution in [-0.4, -0.2) is 11.6 Å². The molecule has 2 aromatic rings. The van der Waals surface area contributed by atoms with Crippen LogP contribution in [0.2, 0.25) is 0 Å². The predicted octanol–water partition coefficient (Wildman–Crippen LogP) is 4.83. The lowest BCUT2D eigenvalue weighted by atomic mass is 9.90. The van der Waals surface area contributed by atoms with E-state index in [0.717, 1.165) is 6.42 Å². The number of carbonyl (C=O) groups is 1. The summed E-state index contributed by atoms with van der Waals surface area (Å²) in [6.07, 6.45) is 1.46. The number of hydrogen-bond acceptors (Lipinski definition) is 3. The normalized spacial score (nSPS) is 13.0. The van der Waals surface area contributed by atoms with Gasteiger partial charge >= 0.3 is 5.97 Å². The van der Waals surface area contributed by atoms with Crippen LogP contribution in [0.25, 0.3) is 10.8 Å². The third kappa shape index (κ3) is 3.95. The van der Waals surface area contributed by atoms with Crippen LogP contribution in [0.5, 0.6) is 0 Å². The lowest BCUT2D eigenvalue weighted by Gasteiger charge is -2.29. The van der Waals surface area contributed by atoms with Gasteiger partial charge < -0.3 is 10.9 Å². The van der Waals surface area contributed by atoms with E-state index in [1.165, 1.54) is 16.3 Å². The van der Waals surface area contributed by atoms with E-state index in [4.69, 9.17) is 4.74 Å². The Balaban J connectivity index is 0.00000242. The zero-order chi connectivity index (χ0) is 15.5. The predicted molar refractivity (Wildman–Crippen MR) is 92.3 cm³/mol.